The Morgan fingerprint density at radius 1 is 1.03 bits per heavy atom. The van der Waals surface area contributed by atoms with Gasteiger partial charge in [0, 0.05) is 35.6 Å². The average molecular weight is 412 g/mol. The van der Waals surface area contributed by atoms with Crippen LogP contribution >= 0.6 is 0 Å². The first-order valence-electron chi connectivity index (χ1n) is 10.6. The molecular formula is C24H24N6O. The van der Waals surface area contributed by atoms with Gasteiger partial charge in [0.1, 0.15) is 11.5 Å². The SMILES string of the molecule is Cc1c(NC(=O)c2nc(-c3ccccc3)n3c2CCCCC3)n[nH]c1-c1ccncc1. The zero-order valence-electron chi connectivity index (χ0n) is 17.4. The second kappa shape index (κ2) is 8.18. The first kappa shape index (κ1) is 19.2. The number of H-pyrrole nitrogens is 1. The molecular weight excluding hydrogens is 388 g/mol. The Labute approximate surface area is 180 Å². The minimum absolute atomic E-state index is 0.219. The first-order valence-corrected chi connectivity index (χ1v) is 10.6. The van der Waals surface area contributed by atoms with Gasteiger partial charge in [-0.3, -0.25) is 14.9 Å². The summed E-state index contributed by atoms with van der Waals surface area (Å²) < 4.78 is 2.22. The molecule has 3 aromatic heterocycles. The summed E-state index contributed by atoms with van der Waals surface area (Å²) in [6, 6.07) is 13.9. The molecule has 5 rings (SSSR count). The minimum atomic E-state index is -0.219. The molecule has 0 fully saturated rings. The summed E-state index contributed by atoms with van der Waals surface area (Å²) in [7, 11) is 0. The second-order valence-corrected chi connectivity index (χ2v) is 7.82. The number of aromatic amines is 1. The Hall–Kier alpha value is -3.74. The number of pyridine rings is 1. The maximum absolute atomic E-state index is 13.3. The molecule has 0 saturated heterocycles. The van der Waals surface area contributed by atoms with Crippen molar-refractivity contribution in [3.8, 4) is 22.6 Å². The van der Waals surface area contributed by atoms with E-state index in [1.807, 2.05) is 49.4 Å². The van der Waals surface area contributed by atoms with Crippen molar-refractivity contribution in [2.24, 2.45) is 0 Å². The number of anilines is 1. The number of imidazole rings is 1. The van der Waals surface area contributed by atoms with E-state index in [9.17, 15) is 4.79 Å². The van der Waals surface area contributed by atoms with Gasteiger partial charge < -0.3 is 9.88 Å². The molecule has 4 aromatic rings. The molecule has 0 spiro atoms. The van der Waals surface area contributed by atoms with Crippen molar-refractivity contribution in [2.75, 3.05) is 5.32 Å². The lowest BCUT2D eigenvalue weighted by molar-refractivity contribution is 0.102. The number of carbonyl (C=O) groups excluding carboxylic acids is 1. The Balaban J connectivity index is 1.49. The maximum Gasteiger partial charge on any atom is 0.277 e. The molecule has 7 nitrogen and oxygen atoms in total. The van der Waals surface area contributed by atoms with Crippen molar-refractivity contribution in [3.63, 3.8) is 0 Å². The number of benzene rings is 1. The highest BCUT2D eigenvalue weighted by atomic mass is 16.2. The standard InChI is InChI=1S/C24H24N6O/c1-16-20(17-11-13-25-14-12-17)28-29-22(16)27-24(31)21-19-10-6-3-7-15-30(19)23(26-21)18-8-4-2-5-9-18/h2,4-5,8-9,11-14H,3,6-7,10,15H2,1H3,(H2,27,28,29,31). The molecule has 0 atom stereocenters. The van der Waals surface area contributed by atoms with E-state index in [4.69, 9.17) is 4.98 Å². The predicted octanol–water partition coefficient (Wildman–Crippen LogP) is 4.62. The maximum atomic E-state index is 13.3. The van der Waals surface area contributed by atoms with E-state index >= 15 is 0 Å². The Morgan fingerprint density at radius 3 is 2.65 bits per heavy atom. The number of hydrogen-bond donors (Lipinski definition) is 2. The van der Waals surface area contributed by atoms with Gasteiger partial charge >= 0.3 is 0 Å². The van der Waals surface area contributed by atoms with Gasteiger partial charge in [-0.25, -0.2) is 4.98 Å². The van der Waals surface area contributed by atoms with Crippen LogP contribution in [0.1, 0.15) is 41.0 Å². The van der Waals surface area contributed by atoms with Crippen LogP contribution in [-0.2, 0) is 13.0 Å². The van der Waals surface area contributed by atoms with Crippen LogP contribution in [0.4, 0.5) is 5.82 Å². The van der Waals surface area contributed by atoms with Crippen LogP contribution in [0.2, 0.25) is 0 Å². The van der Waals surface area contributed by atoms with Gasteiger partial charge in [-0.05, 0) is 38.3 Å². The summed E-state index contributed by atoms with van der Waals surface area (Å²) in [4.78, 5) is 22.1. The van der Waals surface area contributed by atoms with E-state index in [-0.39, 0.29) is 5.91 Å². The monoisotopic (exact) mass is 412 g/mol. The third-order valence-corrected chi connectivity index (χ3v) is 5.83. The van der Waals surface area contributed by atoms with Crippen LogP contribution in [-0.4, -0.2) is 30.6 Å². The number of fused-ring (bicyclic) bond motifs is 1. The summed E-state index contributed by atoms with van der Waals surface area (Å²) in [5, 5.41) is 10.4. The third-order valence-electron chi connectivity index (χ3n) is 5.83. The Bertz CT molecular complexity index is 1210. The van der Waals surface area contributed by atoms with Crippen molar-refractivity contribution in [2.45, 2.75) is 39.2 Å². The molecule has 1 amide bonds. The Kier molecular flexibility index (Phi) is 5.08. The fraction of sp³-hybridized carbons (Fsp3) is 0.250. The van der Waals surface area contributed by atoms with E-state index in [0.717, 1.165) is 66.1 Å². The number of carbonyl (C=O) groups is 1. The number of hydrogen-bond acceptors (Lipinski definition) is 4. The van der Waals surface area contributed by atoms with Crippen LogP contribution in [0.5, 0.6) is 0 Å². The largest absolute Gasteiger partial charge is 0.327 e. The molecule has 4 heterocycles. The molecule has 1 aliphatic heterocycles. The van der Waals surface area contributed by atoms with E-state index < -0.39 is 0 Å². The zero-order valence-corrected chi connectivity index (χ0v) is 17.4. The zero-order chi connectivity index (χ0) is 21.2. The van der Waals surface area contributed by atoms with Gasteiger partial charge in [0.15, 0.2) is 5.82 Å². The highest BCUT2D eigenvalue weighted by Gasteiger charge is 2.25. The molecule has 1 aliphatic rings. The summed E-state index contributed by atoms with van der Waals surface area (Å²) >= 11 is 0. The lowest BCUT2D eigenvalue weighted by atomic mass is 10.1. The van der Waals surface area contributed by atoms with E-state index in [2.05, 4.69) is 25.1 Å². The highest BCUT2D eigenvalue weighted by molar-refractivity contribution is 6.04. The van der Waals surface area contributed by atoms with Crippen molar-refractivity contribution < 1.29 is 4.79 Å². The van der Waals surface area contributed by atoms with Crippen LogP contribution < -0.4 is 5.32 Å². The van der Waals surface area contributed by atoms with Crippen molar-refractivity contribution in [1.82, 2.24) is 24.7 Å². The van der Waals surface area contributed by atoms with E-state index in [0.29, 0.717) is 11.5 Å². The third kappa shape index (κ3) is 3.63. The molecule has 1 aromatic carbocycles. The predicted molar refractivity (Wildman–Crippen MR) is 120 cm³/mol. The van der Waals surface area contributed by atoms with Crippen molar-refractivity contribution >= 4 is 11.7 Å². The normalized spacial score (nSPS) is 13.5. The fourth-order valence-corrected chi connectivity index (χ4v) is 4.20. The van der Waals surface area contributed by atoms with Gasteiger partial charge in [-0.2, -0.15) is 5.10 Å². The number of nitrogens with zero attached hydrogens (tertiary/aromatic N) is 4. The molecule has 156 valence electrons. The fourth-order valence-electron chi connectivity index (χ4n) is 4.20. The molecule has 0 aliphatic carbocycles. The average Bonchev–Trinajstić information content (AvgIpc) is 3.25. The Morgan fingerprint density at radius 2 is 1.84 bits per heavy atom. The van der Waals surface area contributed by atoms with Gasteiger partial charge in [-0.1, -0.05) is 36.8 Å². The number of rotatable bonds is 4. The van der Waals surface area contributed by atoms with Gasteiger partial charge in [-0.15, -0.1) is 0 Å². The quantitative estimate of drug-likeness (QED) is 0.512. The highest BCUT2D eigenvalue weighted by Crippen LogP contribution is 2.29. The smallest absolute Gasteiger partial charge is 0.277 e. The number of aromatic nitrogens is 5. The van der Waals surface area contributed by atoms with Gasteiger partial charge in [0.05, 0.1) is 11.4 Å². The summed E-state index contributed by atoms with van der Waals surface area (Å²) in [5.74, 6) is 1.16. The lowest BCUT2D eigenvalue weighted by Gasteiger charge is -2.09. The lowest BCUT2D eigenvalue weighted by Crippen LogP contribution is -2.16. The van der Waals surface area contributed by atoms with Crippen LogP contribution in [0.15, 0.2) is 54.9 Å². The molecule has 31 heavy (non-hydrogen) atoms. The van der Waals surface area contributed by atoms with Crippen LogP contribution in [0.3, 0.4) is 0 Å². The molecule has 0 unspecified atom stereocenters. The van der Waals surface area contributed by atoms with E-state index in [1.54, 1.807) is 12.4 Å². The van der Waals surface area contributed by atoms with E-state index in [1.165, 1.54) is 0 Å². The summed E-state index contributed by atoms with van der Waals surface area (Å²) in [6.45, 7) is 2.82. The topological polar surface area (TPSA) is 88.5 Å². The molecule has 0 bridgehead atoms. The second-order valence-electron chi connectivity index (χ2n) is 7.82. The molecule has 0 radical (unpaired) electrons. The molecule has 7 heteroatoms. The van der Waals surface area contributed by atoms with Crippen molar-refractivity contribution in [1.29, 1.82) is 0 Å². The summed E-state index contributed by atoms with van der Waals surface area (Å²) in [5.41, 5.74) is 5.26. The number of amides is 1. The minimum Gasteiger partial charge on any atom is -0.327 e. The van der Waals surface area contributed by atoms with Crippen LogP contribution in [0.25, 0.3) is 22.6 Å². The first-order chi connectivity index (χ1) is 15.2. The van der Waals surface area contributed by atoms with Gasteiger partial charge in [0.2, 0.25) is 0 Å². The van der Waals surface area contributed by atoms with Gasteiger partial charge in [0.25, 0.3) is 5.91 Å². The van der Waals surface area contributed by atoms with Crippen molar-refractivity contribution in [3.05, 3.63) is 71.8 Å². The molecule has 2 N–H and O–H groups in total. The molecule has 0 saturated carbocycles. The summed E-state index contributed by atoms with van der Waals surface area (Å²) in [6.07, 6.45) is 7.64. The van der Waals surface area contributed by atoms with Crippen LogP contribution in [0, 0.1) is 6.92 Å². The number of nitrogens with one attached hydrogen (secondary N) is 2.